The van der Waals surface area contributed by atoms with Crippen molar-refractivity contribution < 1.29 is 4.79 Å². The third-order valence-corrected chi connectivity index (χ3v) is 5.57. The van der Waals surface area contributed by atoms with Crippen molar-refractivity contribution in [3.8, 4) is 10.6 Å². The second kappa shape index (κ2) is 6.56. The first-order valence-corrected chi connectivity index (χ1v) is 8.77. The van der Waals surface area contributed by atoms with Gasteiger partial charge in [0, 0.05) is 11.1 Å². The van der Waals surface area contributed by atoms with E-state index in [1.54, 1.807) is 11.3 Å². The van der Waals surface area contributed by atoms with E-state index in [-0.39, 0.29) is 0 Å². The van der Waals surface area contributed by atoms with Crippen molar-refractivity contribution in [2.75, 3.05) is 0 Å². The molecule has 0 spiro atoms. The van der Waals surface area contributed by atoms with Crippen LogP contribution in [0.1, 0.15) is 66.7 Å². The summed E-state index contributed by atoms with van der Waals surface area (Å²) in [4.78, 5) is 13.8. The molecule has 0 saturated heterocycles. The molecule has 0 atom stereocenters. The number of aryl methyl sites for hydroxylation is 1. The predicted octanol–water partition coefficient (Wildman–Crippen LogP) is 4.88. The first-order valence-electron chi connectivity index (χ1n) is 7.95. The van der Waals surface area contributed by atoms with Crippen LogP contribution in [-0.4, -0.2) is 16.1 Å². The second-order valence-electron chi connectivity index (χ2n) is 5.80. The summed E-state index contributed by atoms with van der Waals surface area (Å²) in [6, 6.07) is 4.70. The molecule has 0 N–H and O–H groups in total. The molecule has 3 nitrogen and oxygen atoms in total. The van der Waals surface area contributed by atoms with Gasteiger partial charge in [0.15, 0.2) is 6.29 Å². The van der Waals surface area contributed by atoms with Gasteiger partial charge in [-0.15, -0.1) is 11.3 Å². The van der Waals surface area contributed by atoms with Crippen LogP contribution in [-0.2, 0) is 6.42 Å². The molecule has 0 aliphatic heterocycles. The second-order valence-corrected chi connectivity index (χ2v) is 6.96. The lowest BCUT2D eigenvalue weighted by molar-refractivity contribution is 0.112. The summed E-state index contributed by atoms with van der Waals surface area (Å²) < 4.78 is 2.05. The molecule has 3 rings (SSSR count). The maximum atomic E-state index is 11.4. The Morgan fingerprint density at radius 2 is 2.05 bits per heavy atom. The van der Waals surface area contributed by atoms with Gasteiger partial charge in [0.2, 0.25) is 0 Å². The molecule has 21 heavy (non-hydrogen) atoms. The highest BCUT2D eigenvalue weighted by molar-refractivity contribution is 7.15. The molecule has 0 amide bonds. The van der Waals surface area contributed by atoms with E-state index in [4.69, 9.17) is 5.10 Å². The lowest BCUT2D eigenvalue weighted by Gasteiger charge is -2.14. The Morgan fingerprint density at radius 3 is 2.67 bits per heavy atom. The van der Waals surface area contributed by atoms with Crippen LogP contribution >= 0.6 is 11.3 Å². The van der Waals surface area contributed by atoms with Gasteiger partial charge in [-0.2, -0.15) is 5.10 Å². The SMILES string of the molecule is CCc1ccc(-c2nn(C3CCCCCC3)cc2C=O)s1. The Balaban J connectivity index is 1.91. The van der Waals surface area contributed by atoms with Crippen LogP contribution in [0.4, 0.5) is 0 Å². The Bertz CT molecular complexity index is 606. The van der Waals surface area contributed by atoms with Gasteiger partial charge in [-0.05, 0) is 31.4 Å². The normalized spacial score (nSPS) is 16.8. The minimum Gasteiger partial charge on any atom is -0.298 e. The molecule has 1 aliphatic carbocycles. The molecule has 1 fully saturated rings. The number of hydrogen-bond acceptors (Lipinski definition) is 3. The van der Waals surface area contributed by atoms with Crippen molar-refractivity contribution in [3.63, 3.8) is 0 Å². The van der Waals surface area contributed by atoms with E-state index in [1.807, 2.05) is 6.20 Å². The number of aromatic nitrogens is 2. The first-order chi connectivity index (χ1) is 10.3. The van der Waals surface area contributed by atoms with Gasteiger partial charge in [-0.1, -0.05) is 32.6 Å². The summed E-state index contributed by atoms with van der Waals surface area (Å²) in [5.74, 6) is 0. The Kier molecular flexibility index (Phi) is 4.54. The molecule has 2 aromatic heterocycles. The summed E-state index contributed by atoms with van der Waals surface area (Å²) in [6.07, 6.45) is 11.5. The molecule has 112 valence electrons. The lowest BCUT2D eigenvalue weighted by Crippen LogP contribution is -2.08. The zero-order valence-electron chi connectivity index (χ0n) is 12.5. The van der Waals surface area contributed by atoms with E-state index in [0.717, 1.165) is 28.8 Å². The van der Waals surface area contributed by atoms with Crippen molar-refractivity contribution in [2.45, 2.75) is 57.9 Å². The van der Waals surface area contributed by atoms with Gasteiger partial charge in [-0.3, -0.25) is 9.48 Å². The third kappa shape index (κ3) is 3.10. The van der Waals surface area contributed by atoms with Crippen LogP contribution in [0.15, 0.2) is 18.3 Å². The summed E-state index contributed by atoms with van der Waals surface area (Å²) in [7, 11) is 0. The van der Waals surface area contributed by atoms with Crippen molar-refractivity contribution in [3.05, 3.63) is 28.8 Å². The van der Waals surface area contributed by atoms with Crippen molar-refractivity contribution in [2.24, 2.45) is 0 Å². The first kappa shape index (κ1) is 14.5. The fraction of sp³-hybridized carbons (Fsp3) is 0.529. The number of rotatable bonds is 4. The molecule has 0 radical (unpaired) electrons. The number of hydrogen-bond donors (Lipinski definition) is 0. The van der Waals surface area contributed by atoms with E-state index in [2.05, 4.69) is 23.7 Å². The van der Waals surface area contributed by atoms with Crippen LogP contribution < -0.4 is 0 Å². The zero-order valence-corrected chi connectivity index (χ0v) is 13.4. The summed E-state index contributed by atoms with van der Waals surface area (Å²) in [5, 5.41) is 4.76. The highest BCUT2D eigenvalue weighted by atomic mass is 32.1. The van der Waals surface area contributed by atoms with E-state index >= 15 is 0 Å². The largest absolute Gasteiger partial charge is 0.298 e. The summed E-state index contributed by atoms with van der Waals surface area (Å²) in [5.41, 5.74) is 1.59. The highest BCUT2D eigenvalue weighted by Gasteiger charge is 2.19. The molecule has 0 aromatic carbocycles. The maximum absolute atomic E-state index is 11.4. The molecule has 4 heteroatoms. The summed E-state index contributed by atoms with van der Waals surface area (Å²) >= 11 is 1.74. The predicted molar refractivity (Wildman–Crippen MR) is 87.0 cm³/mol. The Hall–Kier alpha value is -1.42. The van der Waals surface area contributed by atoms with Crippen molar-refractivity contribution >= 4 is 17.6 Å². The third-order valence-electron chi connectivity index (χ3n) is 4.33. The summed E-state index contributed by atoms with van der Waals surface area (Å²) in [6.45, 7) is 2.15. The van der Waals surface area contributed by atoms with Crippen molar-refractivity contribution in [1.82, 2.24) is 9.78 Å². The van der Waals surface area contributed by atoms with Crippen LogP contribution in [0.3, 0.4) is 0 Å². The number of carbonyl (C=O) groups is 1. The standard InChI is InChI=1S/C17H22N2OS/c1-2-15-9-10-16(21-15)17-13(12-20)11-19(18-17)14-7-5-3-4-6-8-14/h9-12,14H,2-8H2,1H3. The number of carbonyl (C=O) groups excluding carboxylic acids is 1. The zero-order chi connectivity index (χ0) is 14.7. The molecule has 2 aromatic rings. The maximum Gasteiger partial charge on any atom is 0.153 e. The number of thiophene rings is 1. The van der Waals surface area contributed by atoms with Gasteiger partial charge in [0.1, 0.15) is 5.69 Å². The molecule has 1 saturated carbocycles. The van der Waals surface area contributed by atoms with E-state index in [1.165, 1.54) is 43.4 Å². The smallest absolute Gasteiger partial charge is 0.153 e. The number of nitrogens with zero attached hydrogens (tertiary/aromatic N) is 2. The van der Waals surface area contributed by atoms with E-state index < -0.39 is 0 Å². The molecule has 0 unspecified atom stereocenters. The molecule has 2 heterocycles. The minimum absolute atomic E-state index is 0.463. The lowest BCUT2D eigenvalue weighted by atomic mass is 10.1. The van der Waals surface area contributed by atoms with Gasteiger partial charge < -0.3 is 0 Å². The monoisotopic (exact) mass is 302 g/mol. The topological polar surface area (TPSA) is 34.9 Å². The average molecular weight is 302 g/mol. The van der Waals surface area contributed by atoms with Crippen LogP contribution in [0.5, 0.6) is 0 Å². The minimum atomic E-state index is 0.463. The Morgan fingerprint density at radius 1 is 1.29 bits per heavy atom. The Labute approximate surface area is 130 Å². The molecule has 1 aliphatic rings. The molecule has 0 bridgehead atoms. The van der Waals surface area contributed by atoms with Gasteiger partial charge in [0.05, 0.1) is 16.5 Å². The molecular formula is C17H22N2OS. The van der Waals surface area contributed by atoms with Gasteiger partial charge >= 0.3 is 0 Å². The van der Waals surface area contributed by atoms with Crippen LogP contribution in [0.25, 0.3) is 10.6 Å². The molecular weight excluding hydrogens is 280 g/mol. The van der Waals surface area contributed by atoms with Crippen LogP contribution in [0, 0.1) is 0 Å². The number of aldehydes is 1. The van der Waals surface area contributed by atoms with Crippen molar-refractivity contribution in [1.29, 1.82) is 0 Å². The fourth-order valence-corrected chi connectivity index (χ4v) is 4.04. The van der Waals surface area contributed by atoms with Gasteiger partial charge in [-0.25, -0.2) is 0 Å². The van der Waals surface area contributed by atoms with E-state index in [9.17, 15) is 4.79 Å². The highest BCUT2D eigenvalue weighted by Crippen LogP contribution is 2.32. The average Bonchev–Trinajstić information content (AvgIpc) is 3.06. The van der Waals surface area contributed by atoms with E-state index in [0.29, 0.717) is 6.04 Å². The quantitative estimate of drug-likeness (QED) is 0.596. The van der Waals surface area contributed by atoms with Crippen LogP contribution in [0.2, 0.25) is 0 Å². The fourth-order valence-electron chi connectivity index (χ4n) is 3.09. The van der Waals surface area contributed by atoms with Gasteiger partial charge in [0.25, 0.3) is 0 Å².